The van der Waals surface area contributed by atoms with E-state index in [-0.39, 0.29) is 12.4 Å². The molecule has 0 amide bonds. The molecule has 1 N–H and O–H groups in total. The zero-order valence-corrected chi connectivity index (χ0v) is 24.9. The summed E-state index contributed by atoms with van der Waals surface area (Å²) in [7, 11) is 0. The molecule has 0 fully saturated rings. The fraction of sp³-hybridized carbons (Fsp3) is 0.636. The molecule has 0 saturated heterocycles. The minimum Gasteiger partial charge on any atom is -1.00 e. The van der Waals surface area contributed by atoms with Crippen molar-refractivity contribution in [1.29, 1.82) is 0 Å². The molecule has 2 rings (SSSR count). The van der Waals surface area contributed by atoms with E-state index in [2.05, 4.69) is 67.6 Å². The summed E-state index contributed by atoms with van der Waals surface area (Å²) in [6.45, 7) is 5.93. The van der Waals surface area contributed by atoms with E-state index in [0.29, 0.717) is 12.4 Å². The topological polar surface area (TPSA) is 20.2 Å². The summed E-state index contributed by atoms with van der Waals surface area (Å²) in [5.41, 5.74) is 2.67. The van der Waals surface area contributed by atoms with E-state index >= 15 is 0 Å². The van der Waals surface area contributed by atoms with Gasteiger partial charge in [-0.25, -0.2) is 0 Å². The summed E-state index contributed by atoms with van der Waals surface area (Å²) in [5, 5.41) is 10.6. The van der Waals surface area contributed by atoms with Gasteiger partial charge in [-0.1, -0.05) is 145 Å². The van der Waals surface area contributed by atoms with Gasteiger partial charge in [0.1, 0.15) is 25.7 Å². The highest BCUT2D eigenvalue weighted by molar-refractivity contribution is 6.18. The van der Waals surface area contributed by atoms with Crippen LogP contribution in [0.2, 0.25) is 0 Å². The molecule has 0 aliphatic heterocycles. The first kappa shape index (κ1) is 34.0. The number of quaternary nitrogens is 1. The Morgan fingerprint density at radius 3 is 1.38 bits per heavy atom. The van der Waals surface area contributed by atoms with Gasteiger partial charge in [-0.3, -0.25) is 0 Å². The Balaban J connectivity index is 0.00000684. The molecule has 2 aromatic rings. The summed E-state index contributed by atoms with van der Waals surface area (Å²) in [6.07, 6.45) is 18.8. The van der Waals surface area contributed by atoms with Crippen LogP contribution < -0.4 is 12.4 Å². The molecule has 2 nitrogen and oxygen atoms in total. The quantitative estimate of drug-likeness (QED) is 0.104. The lowest BCUT2D eigenvalue weighted by Gasteiger charge is -2.40. The molecule has 1 atom stereocenters. The van der Waals surface area contributed by atoms with E-state index in [0.717, 1.165) is 24.1 Å². The Labute approximate surface area is 239 Å². The number of benzene rings is 2. The second-order valence-electron chi connectivity index (χ2n) is 10.9. The van der Waals surface area contributed by atoms with Crippen molar-refractivity contribution in [2.24, 2.45) is 0 Å². The van der Waals surface area contributed by atoms with Gasteiger partial charge in [0.15, 0.2) is 0 Å². The Morgan fingerprint density at radius 1 is 0.622 bits per heavy atom. The van der Waals surface area contributed by atoms with Gasteiger partial charge in [-0.05, 0) is 12.8 Å². The molecule has 2 aromatic carbocycles. The van der Waals surface area contributed by atoms with E-state index in [1.807, 2.05) is 0 Å². The van der Waals surface area contributed by atoms with Crippen LogP contribution in [0.25, 0.3) is 0 Å². The van der Waals surface area contributed by atoms with Gasteiger partial charge in [-0.2, -0.15) is 0 Å². The van der Waals surface area contributed by atoms with Crippen molar-refractivity contribution in [2.75, 3.05) is 19.0 Å². The number of aliphatic hydroxyl groups excluding tert-OH is 1. The molecular formula is C33H53Cl2NO. The first-order valence-corrected chi connectivity index (χ1v) is 15.4. The number of nitrogens with zero attached hydrogens (tertiary/aromatic N) is 1. The molecule has 0 heterocycles. The lowest BCUT2D eigenvalue weighted by Crippen LogP contribution is -3.00. The van der Waals surface area contributed by atoms with Gasteiger partial charge >= 0.3 is 0 Å². The van der Waals surface area contributed by atoms with Crippen molar-refractivity contribution < 1.29 is 22.0 Å². The molecule has 0 radical (unpaired) electrons. The highest BCUT2D eigenvalue weighted by atomic mass is 35.5. The van der Waals surface area contributed by atoms with Crippen molar-refractivity contribution >= 4 is 11.6 Å². The number of unbranched alkanes of at least 4 members (excludes halogenated alkanes) is 13. The minimum absolute atomic E-state index is 0. The molecule has 0 aliphatic rings. The maximum absolute atomic E-state index is 10.6. The predicted octanol–water partition coefficient (Wildman–Crippen LogP) is 6.29. The molecule has 0 aliphatic carbocycles. The molecule has 0 saturated carbocycles. The summed E-state index contributed by atoms with van der Waals surface area (Å²) < 4.78 is 0.861. The highest BCUT2D eigenvalue weighted by Crippen LogP contribution is 2.23. The zero-order valence-electron chi connectivity index (χ0n) is 23.4. The van der Waals surface area contributed by atoms with E-state index in [1.54, 1.807) is 0 Å². The fourth-order valence-corrected chi connectivity index (χ4v) is 5.61. The Bertz CT molecular complexity index is 714. The van der Waals surface area contributed by atoms with Crippen LogP contribution in [0, 0.1) is 0 Å². The van der Waals surface area contributed by atoms with Gasteiger partial charge in [0.05, 0.1) is 12.4 Å². The maximum Gasteiger partial charge on any atom is 0.116 e. The SMILES string of the molecule is CCCCCCCCCCCCCCCC[N+](Cc1ccccc1)(Cc1ccccc1)CC(O)CCl.[Cl-]. The maximum atomic E-state index is 10.6. The van der Waals surface area contributed by atoms with Crippen LogP contribution in [-0.4, -0.2) is 34.7 Å². The zero-order chi connectivity index (χ0) is 25.7. The van der Waals surface area contributed by atoms with Gasteiger partial charge in [-0.15, -0.1) is 11.6 Å². The smallest absolute Gasteiger partial charge is 0.116 e. The van der Waals surface area contributed by atoms with Gasteiger partial charge in [0.2, 0.25) is 0 Å². The molecule has 1 unspecified atom stereocenters. The molecule has 0 spiro atoms. The number of halogens is 2. The third-order valence-electron chi connectivity index (χ3n) is 7.48. The van der Waals surface area contributed by atoms with Crippen molar-refractivity contribution in [2.45, 2.75) is 116 Å². The van der Waals surface area contributed by atoms with Crippen molar-refractivity contribution in [3.63, 3.8) is 0 Å². The van der Waals surface area contributed by atoms with E-state index in [4.69, 9.17) is 11.6 Å². The lowest BCUT2D eigenvalue weighted by atomic mass is 10.0. The summed E-state index contributed by atoms with van der Waals surface area (Å²) in [4.78, 5) is 0. The van der Waals surface area contributed by atoms with Gasteiger partial charge in [0.25, 0.3) is 0 Å². The third-order valence-corrected chi connectivity index (χ3v) is 7.84. The molecule has 0 bridgehead atoms. The molecule has 4 heteroatoms. The van der Waals surface area contributed by atoms with Crippen LogP contribution in [-0.2, 0) is 13.1 Å². The standard InChI is InChI=1S/C33H53ClNO.ClH/c1-2-3-4-5-6-7-8-9-10-11-12-13-14-21-26-35(30-33(36)27-34,28-31-22-17-15-18-23-31)29-32-24-19-16-20-25-32;/h15-20,22-25,33,36H,2-14,21,26-30H2,1H3;1H/q+1;/p-1. The average Bonchev–Trinajstić information content (AvgIpc) is 2.90. The minimum atomic E-state index is -0.481. The van der Waals surface area contributed by atoms with Crippen molar-refractivity contribution in [3.05, 3.63) is 71.8 Å². The normalized spacial score (nSPS) is 12.3. The Morgan fingerprint density at radius 2 is 1.00 bits per heavy atom. The number of alkyl halides is 1. The number of rotatable bonds is 22. The summed E-state index contributed by atoms with van der Waals surface area (Å²) in [5.74, 6) is 0.294. The van der Waals surface area contributed by atoms with Crippen molar-refractivity contribution in [1.82, 2.24) is 0 Å². The van der Waals surface area contributed by atoms with Crippen LogP contribution >= 0.6 is 11.6 Å². The van der Waals surface area contributed by atoms with Crippen LogP contribution in [0.4, 0.5) is 0 Å². The second kappa shape index (κ2) is 21.8. The van der Waals surface area contributed by atoms with E-state index in [9.17, 15) is 5.11 Å². The molecule has 37 heavy (non-hydrogen) atoms. The molecule has 210 valence electrons. The monoisotopic (exact) mass is 549 g/mol. The predicted molar refractivity (Wildman–Crippen MR) is 157 cm³/mol. The average molecular weight is 551 g/mol. The Hall–Kier alpha value is -1.06. The summed E-state index contributed by atoms with van der Waals surface area (Å²) >= 11 is 6.10. The molecular weight excluding hydrogens is 497 g/mol. The van der Waals surface area contributed by atoms with Crippen LogP contribution in [0.15, 0.2) is 60.7 Å². The number of hydrogen-bond acceptors (Lipinski definition) is 1. The fourth-order valence-electron chi connectivity index (χ4n) is 5.51. The van der Waals surface area contributed by atoms with Crippen LogP contribution in [0.5, 0.6) is 0 Å². The summed E-state index contributed by atoms with van der Waals surface area (Å²) in [6, 6.07) is 21.5. The first-order valence-electron chi connectivity index (χ1n) is 14.8. The Kier molecular flexibility index (Phi) is 20.0. The van der Waals surface area contributed by atoms with Crippen LogP contribution in [0.1, 0.15) is 108 Å². The molecule has 0 aromatic heterocycles. The van der Waals surface area contributed by atoms with E-state index in [1.165, 1.54) is 101 Å². The largest absolute Gasteiger partial charge is 1.00 e. The second-order valence-corrected chi connectivity index (χ2v) is 11.2. The van der Waals surface area contributed by atoms with Gasteiger partial charge in [0, 0.05) is 11.1 Å². The van der Waals surface area contributed by atoms with Crippen molar-refractivity contribution in [3.8, 4) is 0 Å². The van der Waals surface area contributed by atoms with Crippen LogP contribution in [0.3, 0.4) is 0 Å². The third kappa shape index (κ3) is 15.8. The first-order chi connectivity index (χ1) is 17.7. The number of hydrogen-bond donors (Lipinski definition) is 1. The van der Waals surface area contributed by atoms with E-state index < -0.39 is 6.10 Å². The highest BCUT2D eigenvalue weighted by Gasteiger charge is 2.30. The van der Waals surface area contributed by atoms with Gasteiger partial charge < -0.3 is 22.0 Å². The lowest BCUT2D eigenvalue weighted by molar-refractivity contribution is -0.956. The number of aliphatic hydroxyl groups is 1.